The fourth-order valence-corrected chi connectivity index (χ4v) is 3.36. The zero-order valence-corrected chi connectivity index (χ0v) is 12.3. The molecular weight excluding hydrogens is 254 g/mol. The molecule has 0 spiro atoms. The van der Waals surface area contributed by atoms with Crippen LogP contribution in [0.15, 0.2) is 0 Å². The summed E-state index contributed by atoms with van der Waals surface area (Å²) in [5.74, 6) is 0.247. The third-order valence-corrected chi connectivity index (χ3v) is 4.87. The molecule has 2 rings (SSSR count). The molecule has 0 aliphatic heterocycles. The first-order valence-corrected chi connectivity index (χ1v) is 8.17. The Bertz CT molecular complexity index is 333. The number of aliphatic carboxylic acids is 1. The van der Waals surface area contributed by atoms with Crippen molar-refractivity contribution in [3.63, 3.8) is 0 Å². The van der Waals surface area contributed by atoms with Gasteiger partial charge < -0.3 is 10.4 Å². The smallest absolute Gasteiger partial charge is 0.303 e. The highest BCUT2D eigenvalue weighted by Crippen LogP contribution is 2.30. The van der Waals surface area contributed by atoms with Crippen molar-refractivity contribution >= 4 is 11.9 Å². The van der Waals surface area contributed by atoms with Crippen LogP contribution in [-0.2, 0) is 9.59 Å². The SMILES string of the molecule is O=C(O)CCC(CC1CCCCC1)NC(=O)C1CCC1. The minimum Gasteiger partial charge on any atom is -0.481 e. The molecule has 4 nitrogen and oxygen atoms in total. The molecule has 0 aromatic heterocycles. The summed E-state index contributed by atoms with van der Waals surface area (Å²) in [6.07, 6.45) is 11.2. The second-order valence-electron chi connectivity index (χ2n) is 6.51. The summed E-state index contributed by atoms with van der Waals surface area (Å²) in [7, 11) is 0. The molecule has 0 radical (unpaired) electrons. The van der Waals surface area contributed by atoms with Gasteiger partial charge in [0.2, 0.25) is 5.91 Å². The molecule has 2 saturated carbocycles. The van der Waals surface area contributed by atoms with Crippen LogP contribution in [0.2, 0.25) is 0 Å². The van der Waals surface area contributed by atoms with E-state index in [9.17, 15) is 9.59 Å². The maximum Gasteiger partial charge on any atom is 0.303 e. The number of carbonyl (C=O) groups is 2. The zero-order valence-electron chi connectivity index (χ0n) is 12.3. The molecule has 2 aliphatic carbocycles. The van der Waals surface area contributed by atoms with Crippen molar-refractivity contribution in [3.05, 3.63) is 0 Å². The lowest BCUT2D eigenvalue weighted by Gasteiger charge is -2.30. The Labute approximate surface area is 121 Å². The second-order valence-corrected chi connectivity index (χ2v) is 6.51. The van der Waals surface area contributed by atoms with Crippen LogP contribution in [0, 0.1) is 11.8 Å². The van der Waals surface area contributed by atoms with E-state index in [1.807, 2.05) is 0 Å². The highest BCUT2D eigenvalue weighted by atomic mass is 16.4. The van der Waals surface area contributed by atoms with Gasteiger partial charge in [0.25, 0.3) is 0 Å². The molecule has 2 aliphatic rings. The Hall–Kier alpha value is -1.06. The minimum atomic E-state index is -0.767. The molecular formula is C16H27NO3. The third kappa shape index (κ3) is 4.80. The van der Waals surface area contributed by atoms with Gasteiger partial charge in [-0.15, -0.1) is 0 Å². The molecule has 0 aromatic rings. The van der Waals surface area contributed by atoms with E-state index in [4.69, 9.17) is 5.11 Å². The van der Waals surface area contributed by atoms with Gasteiger partial charge in [0, 0.05) is 18.4 Å². The Kier molecular flexibility index (Phi) is 5.86. The Morgan fingerprint density at radius 3 is 2.30 bits per heavy atom. The van der Waals surface area contributed by atoms with Gasteiger partial charge in [-0.1, -0.05) is 38.5 Å². The van der Waals surface area contributed by atoms with Crippen molar-refractivity contribution in [2.75, 3.05) is 0 Å². The maximum atomic E-state index is 12.1. The van der Waals surface area contributed by atoms with Gasteiger partial charge in [-0.05, 0) is 31.6 Å². The monoisotopic (exact) mass is 281 g/mol. The van der Waals surface area contributed by atoms with Gasteiger partial charge in [-0.25, -0.2) is 0 Å². The normalized spacial score (nSPS) is 22.0. The summed E-state index contributed by atoms with van der Waals surface area (Å²) >= 11 is 0. The molecule has 0 aromatic carbocycles. The summed E-state index contributed by atoms with van der Waals surface area (Å²) < 4.78 is 0. The molecule has 1 atom stereocenters. The summed E-state index contributed by atoms with van der Waals surface area (Å²) in [4.78, 5) is 22.8. The molecule has 0 heterocycles. The number of hydrogen-bond donors (Lipinski definition) is 2. The van der Waals surface area contributed by atoms with Crippen molar-refractivity contribution in [2.45, 2.75) is 76.7 Å². The first-order chi connectivity index (χ1) is 9.65. The van der Waals surface area contributed by atoms with Crippen LogP contribution < -0.4 is 5.32 Å². The minimum absolute atomic E-state index is 0.0577. The lowest BCUT2D eigenvalue weighted by Crippen LogP contribution is -2.42. The topological polar surface area (TPSA) is 66.4 Å². The highest BCUT2D eigenvalue weighted by Gasteiger charge is 2.28. The Morgan fingerprint density at radius 2 is 1.75 bits per heavy atom. The summed E-state index contributed by atoms with van der Waals surface area (Å²) in [5, 5.41) is 12.0. The molecule has 1 unspecified atom stereocenters. The van der Waals surface area contributed by atoms with Gasteiger partial charge in [-0.2, -0.15) is 0 Å². The first-order valence-electron chi connectivity index (χ1n) is 8.17. The average Bonchev–Trinajstić information content (AvgIpc) is 2.35. The van der Waals surface area contributed by atoms with E-state index in [1.54, 1.807) is 0 Å². The molecule has 4 heteroatoms. The lowest BCUT2D eigenvalue weighted by molar-refractivity contribution is -0.137. The molecule has 0 saturated heterocycles. The average molecular weight is 281 g/mol. The van der Waals surface area contributed by atoms with E-state index >= 15 is 0 Å². The van der Waals surface area contributed by atoms with Crippen LogP contribution in [0.25, 0.3) is 0 Å². The van der Waals surface area contributed by atoms with E-state index in [1.165, 1.54) is 32.1 Å². The summed E-state index contributed by atoms with van der Waals surface area (Å²) in [6.45, 7) is 0. The van der Waals surface area contributed by atoms with E-state index < -0.39 is 5.97 Å². The van der Waals surface area contributed by atoms with Crippen molar-refractivity contribution < 1.29 is 14.7 Å². The largest absolute Gasteiger partial charge is 0.481 e. The van der Waals surface area contributed by atoms with Crippen LogP contribution in [0.4, 0.5) is 0 Å². The fraction of sp³-hybridized carbons (Fsp3) is 0.875. The van der Waals surface area contributed by atoms with Gasteiger partial charge in [0.05, 0.1) is 0 Å². The highest BCUT2D eigenvalue weighted by molar-refractivity contribution is 5.79. The first kappa shape index (κ1) is 15.3. The van der Waals surface area contributed by atoms with Crippen LogP contribution in [0.3, 0.4) is 0 Å². The van der Waals surface area contributed by atoms with E-state index in [2.05, 4.69) is 5.32 Å². The standard InChI is InChI=1S/C16H27NO3/c18-15(19)10-9-14(11-12-5-2-1-3-6-12)17-16(20)13-7-4-8-13/h12-14H,1-11H2,(H,17,20)(H,18,19). The molecule has 114 valence electrons. The van der Waals surface area contributed by atoms with Crippen LogP contribution >= 0.6 is 0 Å². The van der Waals surface area contributed by atoms with Crippen molar-refractivity contribution in [2.24, 2.45) is 11.8 Å². The van der Waals surface area contributed by atoms with E-state index in [0.717, 1.165) is 25.7 Å². The summed E-state index contributed by atoms with van der Waals surface area (Å²) in [6, 6.07) is 0.0577. The number of rotatable bonds is 7. The molecule has 20 heavy (non-hydrogen) atoms. The van der Waals surface area contributed by atoms with Gasteiger partial charge in [0.1, 0.15) is 0 Å². The van der Waals surface area contributed by atoms with Gasteiger partial charge >= 0.3 is 5.97 Å². The van der Waals surface area contributed by atoms with Crippen molar-refractivity contribution in [1.29, 1.82) is 0 Å². The fourth-order valence-electron chi connectivity index (χ4n) is 3.36. The third-order valence-electron chi connectivity index (χ3n) is 4.87. The predicted octanol–water partition coefficient (Wildman–Crippen LogP) is 3.11. The van der Waals surface area contributed by atoms with Crippen LogP contribution in [0.5, 0.6) is 0 Å². The molecule has 2 fully saturated rings. The summed E-state index contributed by atoms with van der Waals surface area (Å²) in [5.41, 5.74) is 0. The van der Waals surface area contributed by atoms with E-state index in [0.29, 0.717) is 12.3 Å². The van der Waals surface area contributed by atoms with Crippen molar-refractivity contribution in [1.82, 2.24) is 5.32 Å². The quantitative estimate of drug-likeness (QED) is 0.753. The molecule has 2 N–H and O–H groups in total. The number of carboxylic acids is 1. The Balaban J connectivity index is 1.81. The lowest BCUT2D eigenvalue weighted by atomic mass is 9.82. The number of carbonyl (C=O) groups excluding carboxylic acids is 1. The number of nitrogens with one attached hydrogen (secondary N) is 1. The molecule has 1 amide bonds. The van der Waals surface area contributed by atoms with Crippen LogP contribution in [0.1, 0.15) is 70.6 Å². The maximum absolute atomic E-state index is 12.1. The Morgan fingerprint density at radius 1 is 1.05 bits per heavy atom. The molecule has 0 bridgehead atoms. The van der Waals surface area contributed by atoms with E-state index in [-0.39, 0.29) is 24.3 Å². The second kappa shape index (κ2) is 7.65. The predicted molar refractivity (Wildman–Crippen MR) is 77.3 cm³/mol. The van der Waals surface area contributed by atoms with Gasteiger partial charge in [0.15, 0.2) is 0 Å². The van der Waals surface area contributed by atoms with Crippen LogP contribution in [-0.4, -0.2) is 23.0 Å². The van der Waals surface area contributed by atoms with Gasteiger partial charge in [-0.3, -0.25) is 9.59 Å². The number of carboxylic acid groups (broad SMARTS) is 1. The number of amides is 1. The van der Waals surface area contributed by atoms with Crippen molar-refractivity contribution in [3.8, 4) is 0 Å². The zero-order chi connectivity index (χ0) is 14.4. The number of hydrogen-bond acceptors (Lipinski definition) is 2.